The summed E-state index contributed by atoms with van der Waals surface area (Å²) in [6, 6.07) is 7.18. The number of nitrogens with zero attached hydrogens (tertiary/aromatic N) is 1. The fraction of sp³-hybridized carbons (Fsp3) is 0.357. The number of aliphatic imine (C=N–C) groups is 1. The van der Waals surface area contributed by atoms with E-state index in [1.54, 1.807) is 32.4 Å². The predicted molar refractivity (Wildman–Crippen MR) is 90.6 cm³/mol. The van der Waals surface area contributed by atoms with E-state index in [1.807, 2.05) is 12.1 Å². The molecule has 2 aromatic rings. The van der Waals surface area contributed by atoms with Gasteiger partial charge in [0.05, 0.1) is 25.6 Å². The van der Waals surface area contributed by atoms with E-state index in [-0.39, 0.29) is 30.5 Å². The number of nitrogens with one attached hydrogen (secondary N) is 2. The quantitative estimate of drug-likeness (QED) is 0.403. The molecule has 116 valence electrons. The van der Waals surface area contributed by atoms with E-state index in [2.05, 4.69) is 15.6 Å². The number of guanidine groups is 1. The lowest BCUT2D eigenvalue weighted by Crippen LogP contribution is -2.44. The standard InChI is InChI=1S/C14H19N3O3.HI/c1-14(18,12-6-4-8-20-12)10-17-13(15-2)16-9-11-5-3-7-19-11;/h3-8,18H,9-10H2,1-2H3,(H2,15,16,17);1H. The number of hydrogen-bond acceptors (Lipinski definition) is 4. The van der Waals surface area contributed by atoms with Crippen LogP contribution in [0.4, 0.5) is 0 Å². The minimum absolute atomic E-state index is 0. The molecule has 0 saturated carbocycles. The molecule has 0 aliphatic carbocycles. The first-order valence-electron chi connectivity index (χ1n) is 6.35. The Morgan fingerprint density at radius 2 is 1.95 bits per heavy atom. The molecule has 0 radical (unpaired) electrons. The van der Waals surface area contributed by atoms with Gasteiger partial charge in [0, 0.05) is 7.05 Å². The van der Waals surface area contributed by atoms with E-state index in [9.17, 15) is 5.11 Å². The van der Waals surface area contributed by atoms with E-state index in [0.717, 1.165) is 5.76 Å². The minimum Gasteiger partial charge on any atom is -0.467 e. The number of halogens is 1. The molecule has 0 saturated heterocycles. The van der Waals surface area contributed by atoms with Crippen LogP contribution in [0.5, 0.6) is 0 Å². The Morgan fingerprint density at radius 1 is 1.24 bits per heavy atom. The highest BCUT2D eigenvalue weighted by Crippen LogP contribution is 2.19. The van der Waals surface area contributed by atoms with Crippen molar-refractivity contribution in [1.29, 1.82) is 0 Å². The SMILES string of the molecule is CN=C(NCc1ccco1)NCC(C)(O)c1ccco1.I. The zero-order valence-corrected chi connectivity index (χ0v) is 14.3. The molecule has 2 heterocycles. The summed E-state index contributed by atoms with van der Waals surface area (Å²) in [4.78, 5) is 4.08. The Bertz CT molecular complexity index is 536. The Kier molecular flexibility index (Phi) is 6.76. The maximum atomic E-state index is 10.3. The van der Waals surface area contributed by atoms with Crippen molar-refractivity contribution in [3.05, 3.63) is 48.3 Å². The second-order valence-electron chi connectivity index (χ2n) is 4.61. The van der Waals surface area contributed by atoms with Gasteiger partial charge in [-0.15, -0.1) is 24.0 Å². The first-order chi connectivity index (χ1) is 9.62. The summed E-state index contributed by atoms with van der Waals surface area (Å²) in [7, 11) is 1.67. The van der Waals surface area contributed by atoms with Crippen LogP contribution in [0.25, 0.3) is 0 Å². The van der Waals surface area contributed by atoms with Crippen LogP contribution in [0, 0.1) is 0 Å². The van der Waals surface area contributed by atoms with Crippen LogP contribution in [0.3, 0.4) is 0 Å². The Labute approximate surface area is 140 Å². The molecule has 6 nitrogen and oxygen atoms in total. The third-order valence-corrected chi connectivity index (χ3v) is 2.89. The molecule has 0 fully saturated rings. The summed E-state index contributed by atoms with van der Waals surface area (Å²) in [6.07, 6.45) is 3.16. The summed E-state index contributed by atoms with van der Waals surface area (Å²) < 4.78 is 10.4. The van der Waals surface area contributed by atoms with Gasteiger partial charge in [-0.25, -0.2) is 0 Å². The lowest BCUT2D eigenvalue weighted by molar-refractivity contribution is 0.0386. The molecule has 2 aromatic heterocycles. The number of aliphatic hydroxyl groups is 1. The van der Waals surface area contributed by atoms with E-state index in [4.69, 9.17) is 8.83 Å². The lowest BCUT2D eigenvalue weighted by atomic mass is 10.0. The van der Waals surface area contributed by atoms with Crippen molar-refractivity contribution in [3.63, 3.8) is 0 Å². The first kappa shape index (κ1) is 17.6. The van der Waals surface area contributed by atoms with Gasteiger partial charge in [-0.1, -0.05) is 0 Å². The van der Waals surface area contributed by atoms with Gasteiger partial charge in [0.15, 0.2) is 5.96 Å². The van der Waals surface area contributed by atoms with Crippen molar-refractivity contribution < 1.29 is 13.9 Å². The molecule has 3 N–H and O–H groups in total. The fourth-order valence-corrected chi connectivity index (χ4v) is 1.73. The van der Waals surface area contributed by atoms with Gasteiger partial charge in [-0.05, 0) is 31.2 Å². The second kappa shape index (κ2) is 8.08. The highest BCUT2D eigenvalue weighted by molar-refractivity contribution is 14.0. The van der Waals surface area contributed by atoms with Crippen LogP contribution >= 0.6 is 24.0 Å². The molecule has 1 unspecified atom stereocenters. The summed E-state index contributed by atoms with van der Waals surface area (Å²) in [6.45, 7) is 2.48. The number of furan rings is 2. The van der Waals surface area contributed by atoms with Gasteiger partial charge in [-0.3, -0.25) is 4.99 Å². The molecule has 0 aromatic carbocycles. The van der Waals surface area contributed by atoms with Gasteiger partial charge < -0.3 is 24.6 Å². The van der Waals surface area contributed by atoms with E-state index < -0.39 is 5.60 Å². The van der Waals surface area contributed by atoms with E-state index in [0.29, 0.717) is 18.3 Å². The average Bonchev–Trinajstić information content (AvgIpc) is 3.12. The normalized spacial score (nSPS) is 14.1. The smallest absolute Gasteiger partial charge is 0.191 e. The Hall–Kier alpha value is -1.48. The van der Waals surface area contributed by atoms with Crippen molar-refractivity contribution in [1.82, 2.24) is 10.6 Å². The van der Waals surface area contributed by atoms with Crippen LogP contribution in [-0.4, -0.2) is 24.7 Å². The van der Waals surface area contributed by atoms with Gasteiger partial charge in [-0.2, -0.15) is 0 Å². The lowest BCUT2D eigenvalue weighted by Gasteiger charge is -2.22. The number of hydrogen-bond donors (Lipinski definition) is 3. The topological polar surface area (TPSA) is 82.9 Å². The average molecular weight is 405 g/mol. The van der Waals surface area contributed by atoms with Crippen LogP contribution in [-0.2, 0) is 12.1 Å². The number of rotatable bonds is 5. The first-order valence-corrected chi connectivity index (χ1v) is 6.35. The maximum absolute atomic E-state index is 10.3. The van der Waals surface area contributed by atoms with Crippen molar-refractivity contribution in [3.8, 4) is 0 Å². The van der Waals surface area contributed by atoms with Crippen molar-refractivity contribution in [2.75, 3.05) is 13.6 Å². The highest BCUT2D eigenvalue weighted by Gasteiger charge is 2.26. The van der Waals surface area contributed by atoms with Crippen LogP contribution in [0.2, 0.25) is 0 Å². The maximum Gasteiger partial charge on any atom is 0.191 e. The minimum atomic E-state index is -1.11. The molecule has 1 atom stereocenters. The highest BCUT2D eigenvalue weighted by atomic mass is 127. The van der Waals surface area contributed by atoms with E-state index in [1.165, 1.54) is 6.26 Å². The largest absolute Gasteiger partial charge is 0.467 e. The van der Waals surface area contributed by atoms with Crippen LogP contribution in [0.15, 0.2) is 50.6 Å². The van der Waals surface area contributed by atoms with Crippen molar-refractivity contribution in [2.24, 2.45) is 4.99 Å². The summed E-state index contributed by atoms with van der Waals surface area (Å²) in [5.74, 6) is 1.89. The molecule has 2 rings (SSSR count). The monoisotopic (exact) mass is 405 g/mol. The fourth-order valence-electron chi connectivity index (χ4n) is 1.73. The van der Waals surface area contributed by atoms with Gasteiger partial charge in [0.1, 0.15) is 17.1 Å². The molecule has 0 amide bonds. The summed E-state index contributed by atoms with van der Waals surface area (Å²) in [5, 5.41) is 16.5. The van der Waals surface area contributed by atoms with Crippen LogP contribution < -0.4 is 10.6 Å². The van der Waals surface area contributed by atoms with Gasteiger partial charge >= 0.3 is 0 Å². The van der Waals surface area contributed by atoms with Crippen LogP contribution in [0.1, 0.15) is 18.4 Å². The predicted octanol–water partition coefficient (Wildman–Crippen LogP) is 2.06. The van der Waals surface area contributed by atoms with E-state index >= 15 is 0 Å². The molecule has 0 aliphatic heterocycles. The third kappa shape index (κ3) is 5.09. The molecule has 0 spiro atoms. The summed E-state index contributed by atoms with van der Waals surface area (Å²) >= 11 is 0. The molecule has 0 bridgehead atoms. The zero-order valence-electron chi connectivity index (χ0n) is 12.0. The molecule has 7 heteroatoms. The zero-order chi connectivity index (χ0) is 14.4. The molecule has 21 heavy (non-hydrogen) atoms. The van der Waals surface area contributed by atoms with Gasteiger partial charge in [0.25, 0.3) is 0 Å². The summed E-state index contributed by atoms with van der Waals surface area (Å²) in [5.41, 5.74) is -1.11. The molecule has 0 aliphatic rings. The van der Waals surface area contributed by atoms with Crippen molar-refractivity contribution in [2.45, 2.75) is 19.1 Å². The van der Waals surface area contributed by atoms with Gasteiger partial charge in [0.2, 0.25) is 0 Å². The third-order valence-electron chi connectivity index (χ3n) is 2.89. The molecular formula is C14H20IN3O3. The molecular weight excluding hydrogens is 385 g/mol. The second-order valence-corrected chi connectivity index (χ2v) is 4.61. The van der Waals surface area contributed by atoms with Crippen molar-refractivity contribution >= 4 is 29.9 Å². The Balaban J connectivity index is 0.00000220. The Morgan fingerprint density at radius 3 is 2.52 bits per heavy atom.